The van der Waals surface area contributed by atoms with Crippen LogP contribution >= 0.6 is 0 Å². The summed E-state index contributed by atoms with van der Waals surface area (Å²) in [5, 5.41) is 7.74. The quantitative estimate of drug-likeness (QED) is 0.595. The second-order valence-electron chi connectivity index (χ2n) is 6.32. The van der Waals surface area contributed by atoms with Gasteiger partial charge in [-0.2, -0.15) is 0 Å². The minimum atomic E-state index is -3.77. The van der Waals surface area contributed by atoms with Crippen molar-refractivity contribution in [2.45, 2.75) is 31.2 Å². The van der Waals surface area contributed by atoms with Crippen LogP contribution in [0.5, 0.6) is 5.75 Å². The highest BCUT2D eigenvalue weighted by Gasteiger charge is 2.14. The first kappa shape index (κ1) is 22.4. The van der Waals surface area contributed by atoms with E-state index >= 15 is 0 Å². The molecule has 2 aromatic rings. The Hall–Kier alpha value is -2.91. The summed E-state index contributed by atoms with van der Waals surface area (Å²) in [6, 6.07) is 12.5. The number of ether oxygens (including phenoxy) is 2. The average Bonchev–Trinajstić information content (AvgIpc) is 2.67. The van der Waals surface area contributed by atoms with Gasteiger partial charge in [0.2, 0.25) is 10.0 Å². The molecule has 0 aromatic heterocycles. The molecule has 2 aromatic carbocycles. The van der Waals surface area contributed by atoms with E-state index in [4.69, 9.17) is 14.6 Å². The van der Waals surface area contributed by atoms with Crippen LogP contribution in [0, 0.1) is 0 Å². The van der Waals surface area contributed by atoms with Crippen molar-refractivity contribution in [3.8, 4) is 5.75 Å². The van der Waals surface area contributed by atoms with Crippen LogP contribution in [0.25, 0.3) is 0 Å². The standard InChI is InChI=1S/C20H24N2O6S/c1-3-27-17-8-4-15(5-9-17)12-20(24)28-13-19(23)22-14(2)16-6-10-18(11-7-16)29(21,25)26/h4-11,14H,3,12-13H2,1-2H3,(H,22,23)(H2,21,25,26). The number of sulfonamides is 1. The SMILES string of the molecule is CCOc1ccc(CC(=O)OCC(=O)NC(C)c2ccc(S(N)(=O)=O)cc2)cc1. The van der Waals surface area contributed by atoms with Gasteiger partial charge in [-0.15, -0.1) is 0 Å². The molecule has 0 spiro atoms. The highest BCUT2D eigenvalue weighted by molar-refractivity contribution is 7.89. The van der Waals surface area contributed by atoms with Crippen molar-refractivity contribution in [3.05, 3.63) is 59.7 Å². The lowest BCUT2D eigenvalue weighted by Gasteiger charge is -2.15. The van der Waals surface area contributed by atoms with E-state index in [-0.39, 0.29) is 11.3 Å². The molecule has 29 heavy (non-hydrogen) atoms. The van der Waals surface area contributed by atoms with Crippen molar-refractivity contribution in [1.82, 2.24) is 5.32 Å². The van der Waals surface area contributed by atoms with Gasteiger partial charge in [-0.05, 0) is 49.2 Å². The number of nitrogens with one attached hydrogen (secondary N) is 1. The highest BCUT2D eigenvalue weighted by Crippen LogP contribution is 2.15. The minimum Gasteiger partial charge on any atom is -0.494 e. The van der Waals surface area contributed by atoms with Gasteiger partial charge >= 0.3 is 5.97 Å². The minimum absolute atomic E-state index is 0.0111. The maximum Gasteiger partial charge on any atom is 0.310 e. The number of amides is 1. The summed E-state index contributed by atoms with van der Waals surface area (Å²) in [7, 11) is -3.77. The average molecular weight is 420 g/mol. The van der Waals surface area contributed by atoms with Gasteiger partial charge in [0.15, 0.2) is 6.61 Å². The van der Waals surface area contributed by atoms with Crippen LogP contribution in [0.3, 0.4) is 0 Å². The lowest BCUT2D eigenvalue weighted by atomic mass is 10.1. The van der Waals surface area contributed by atoms with Crippen LogP contribution in [-0.2, 0) is 30.8 Å². The Balaban J connectivity index is 1.80. The topological polar surface area (TPSA) is 125 Å². The van der Waals surface area contributed by atoms with Crippen LogP contribution in [0.4, 0.5) is 0 Å². The summed E-state index contributed by atoms with van der Waals surface area (Å²) in [4.78, 5) is 23.9. The van der Waals surface area contributed by atoms with Crippen molar-refractivity contribution in [1.29, 1.82) is 0 Å². The first-order valence-corrected chi connectivity index (χ1v) is 10.5. The van der Waals surface area contributed by atoms with Crippen LogP contribution < -0.4 is 15.2 Å². The smallest absolute Gasteiger partial charge is 0.310 e. The van der Waals surface area contributed by atoms with E-state index in [1.165, 1.54) is 12.1 Å². The molecule has 2 rings (SSSR count). The van der Waals surface area contributed by atoms with E-state index in [9.17, 15) is 18.0 Å². The Morgan fingerprint density at radius 2 is 1.69 bits per heavy atom. The molecule has 8 nitrogen and oxygen atoms in total. The molecular weight excluding hydrogens is 396 g/mol. The summed E-state index contributed by atoms with van der Waals surface area (Å²) in [6.45, 7) is 3.77. The molecule has 156 valence electrons. The molecule has 9 heteroatoms. The largest absolute Gasteiger partial charge is 0.494 e. The Morgan fingerprint density at radius 1 is 1.07 bits per heavy atom. The summed E-state index contributed by atoms with van der Waals surface area (Å²) in [6.07, 6.45) is 0.0459. The van der Waals surface area contributed by atoms with Crippen LogP contribution in [-0.4, -0.2) is 33.5 Å². The third-order valence-electron chi connectivity index (χ3n) is 4.03. The Kier molecular flexibility index (Phi) is 7.74. The number of rotatable bonds is 9. The van der Waals surface area contributed by atoms with Crippen molar-refractivity contribution in [2.24, 2.45) is 5.14 Å². The first-order chi connectivity index (χ1) is 13.7. The molecule has 1 atom stereocenters. The van der Waals surface area contributed by atoms with Crippen LogP contribution in [0.15, 0.2) is 53.4 Å². The molecule has 0 saturated carbocycles. The fourth-order valence-corrected chi connectivity index (χ4v) is 3.06. The molecule has 0 heterocycles. The van der Waals surface area contributed by atoms with Crippen molar-refractivity contribution < 1.29 is 27.5 Å². The van der Waals surface area contributed by atoms with Crippen molar-refractivity contribution in [2.75, 3.05) is 13.2 Å². The van der Waals surface area contributed by atoms with Gasteiger partial charge in [0, 0.05) is 0 Å². The van der Waals surface area contributed by atoms with Crippen LogP contribution in [0.2, 0.25) is 0 Å². The molecule has 1 amide bonds. The molecule has 3 N–H and O–H groups in total. The van der Waals surface area contributed by atoms with E-state index < -0.39 is 34.5 Å². The molecule has 0 saturated heterocycles. The Bertz CT molecular complexity index is 940. The molecule has 0 aliphatic heterocycles. The van der Waals surface area contributed by atoms with Gasteiger partial charge < -0.3 is 14.8 Å². The van der Waals surface area contributed by atoms with E-state index in [1.807, 2.05) is 6.92 Å². The normalized spacial score (nSPS) is 12.1. The number of hydrogen-bond donors (Lipinski definition) is 2. The number of carbonyl (C=O) groups excluding carboxylic acids is 2. The number of carbonyl (C=O) groups is 2. The van der Waals surface area contributed by atoms with E-state index in [0.717, 1.165) is 11.3 Å². The van der Waals surface area contributed by atoms with Crippen LogP contribution in [0.1, 0.15) is 31.0 Å². The highest BCUT2D eigenvalue weighted by atomic mass is 32.2. The molecule has 1 unspecified atom stereocenters. The fourth-order valence-electron chi connectivity index (χ4n) is 2.55. The third kappa shape index (κ3) is 7.20. The molecule has 0 bridgehead atoms. The molecule has 0 aliphatic carbocycles. The lowest BCUT2D eigenvalue weighted by Crippen LogP contribution is -2.31. The Labute approximate surface area is 170 Å². The predicted octanol–water partition coefficient (Wildman–Crippen LogP) is 1.70. The number of esters is 1. The summed E-state index contributed by atoms with van der Waals surface area (Å²) in [5.74, 6) is -0.266. The van der Waals surface area contributed by atoms with Gasteiger partial charge in [-0.1, -0.05) is 24.3 Å². The number of primary sulfonamides is 1. The first-order valence-electron chi connectivity index (χ1n) is 8.98. The lowest BCUT2D eigenvalue weighted by molar-refractivity contribution is -0.148. The van der Waals surface area contributed by atoms with Gasteiger partial charge in [0.25, 0.3) is 5.91 Å². The number of nitrogens with two attached hydrogens (primary N) is 1. The van der Waals surface area contributed by atoms with Gasteiger partial charge in [0.1, 0.15) is 5.75 Å². The van der Waals surface area contributed by atoms with E-state index in [0.29, 0.717) is 12.2 Å². The molecule has 0 fully saturated rings. The van der Waals surface area contributed by atoms with E-state index in [2.05, 4.69) is 5.32 Å². The zero-order valence-electron chi connectivity index (χ0n) is 16.3. The summed E-state index contributed by atoms with van der Waals surface area (Å²) >= 11 is 0. The predicted molar refractivity (Wildman–Crippen MR) is 107 cm³/mol. The second-order valence-corrected chi connectivity index (χ2v) is 7.88. The third-order valence-corrected chi connectivity index (χ3v) is 4.96. The maximum atomic E-state index is 12.0. The number of benzene rings is 2. The zero-order valence-corrected chi connectivity index (χ0v) is 17.1. The maximum absolute atomic E-state index is 12.0. The monoisotopic (exact) mass is 420 g/mol. The van der Waals surface area contributed by atoms with Gasteiger partial charge in [-0.3, -0.25) is 9.59 Å². The molecular formula is C20H24N2O6S. The van der Waals surface area contributed by atoms with E-state index in [1.54, 1.807) is 43.3 Å². The molecule has 0 aliphatic rings. The van der Waals surface area contributed by atoms with Crippen molar-refractivity contribution in [3.63, 3.8) is 0 Å². The van der Waals surface area contributed by atoms with Gasteiger partial charge in [-0.25, -0.2) is 13.6 Å². The Morgan fingerprint density at radius 3 is 2.24 bits per heavy atom. The number of hydrogen-bond acceptors (Lipinski definition) is 6. The second kappa shape index (κ2) is 10.0. The van der Waals surface area contributed by atoms with Gasteiger partial charge in [0.05, 0.1) is 24.0 Å². The fraction of sp³-hybridized carbons (Fsp3) is 0.300. The van der Waals surface area contributed by atoms with Crippen molar-refractivity contribution >= 4 is 21.9 Å². The summed E-state index contributed by atoms with van der Waals surface area (Å²) < 4.78 is 32.9. The zero-order chi connectivity index (χ0) is 21.4. The summed E-state index contributed by atoms with van der Waals surface area (Å²) in [5.41, 5.74) is 1.44. The molecule has 0 radical (unpaired) electrons.